The quantitative estimate of drug-likeness (QED) is 0.0853. The van der Waals surface area contributed by atoms with Gasteiger partial charge in [0.25, 0.3) is 0 Å². The van der Waals surface area contributed by atoms with Crippen LogP contribution in [0.1, 0.15) is 27.8 Å². The minimum Gasteiger partial charge on any atom is -0.459 e. The van der Waals surface area contributed by atoms with E-state index in [4.69, 9.17) is 47.4 Å². The second-order valence-electron chi connectivity index (χ2n) is 14.9. The van der Waals surface area contributed by atoms with E-state index in [0.717, 1.165) is 27.8 Å². The smallest absolute Gasteiger partial charge is 0.338 e. The largest absolute Gasteiger partial charge is 0.459 e. The Morgan fingerprint density at radius 1 is 0.492 bits per heavy atom. The lowest BCUT2D eigenvalue weighted by Gasteiger charge is -2.49. The maximum absolute atomic E-state index is 13.8. The molecule has 2 aliphatic heterocycles. The van der Waals surface area contributed by atoms with Gasteiger partial charge in [-0.2, -0.15) is 0 Å². The highest BCUT2D eigenvalue weighted by Gasteiger charge is 2.55. The van der Waals surface area contributed by atoms with Crippen LogP contribution in [0, 0.1) is 0 Å². The first-order valence-corrected chi connectivity index (χ1v) is 20.5. The van der Waals surface area contributed by atoms with Crippen LogP contribution in [0.4, 0.5) is 0 Å². The normalized spacial score (nSPS) is 26.4. The predicted octanol–water partition coefficient (Wildman–Crippen LogP) is 6.56. The van der Waals surface area contributed by atoms with E-state index in [1.54, 1.807) is 7.11 Å². The molecule has 12 nitrogen and oxygen atoms in total. The van der Waals surface area contributed by atoms with Crippen molar-refractivity contribution in [2.75, 3.05) is 20.8 Å². The number of carbonyl (C=O) groups excluding carboxylic acids is 1. The molecule has 0 aromatic heterocycles. The van der Waals surface area contributed by atoms with Gasteiger partial charge in [0.1, 0.15) is 49.3 Å². The summed E-state index contributed by atoms with van der Waals surface area (Å²) >= 11 is 0. The van der Waals surface area contributed by atoms with E-state index in [2.05, 4.69) is 0 Å². The molecule has 2 aliphatic rings. The van der Waals surface area contributed by atoms with Gasteiger partial charge < -0.3 is 52.5 Å². The highest BCUT2D eigenvalue weighted by Crippen LogP contribution is 2.35. The van der Waals surface area contributed by atoms with Crippen LogP contribution in [0.25, 0.3) is 0 Å². The third kappa shape index (κ3) is 12.2. The topological polar surface area (TPSA) is 130 Å². The molecule has 0 bridgehead atoms. The first-order chi connectivity index (χ1) is 30.0. The van der Waals surface area contributed by atoms with Gasteiger partial charge in [0.05, 0.1) is 33.0 Å². The Bertz CT molecular complexity index is 1990. The van der Waals surface area contributed by atoms with Crippen molar-refractivity contribution < 1.29 is 57.3 Å². The summed E-state index contributed by atoms with van der Waals surface area (Å²) in [5.74, 6) is -0.795. The summed E-state index contributed by atoms with van der Waals surface area (Å²) in [5, 5.41) is 11.7. The number of ether oxygens (including phenoxy) is 10. The first-order valence-electron chi connectivity index (χ1n) is 20.5. The van der Waals surface area contributed by atoms with Crippen molar-refractivity contribution in [3.8, 4) is 0 Å². The van der Waals surface area contributed by atoms with Gasteiger partial charge in [0, 0.05) is 14.2 Å². The number of rotatable bonds is 20. The molecule has 1 N–H and O–H groups in total. The lowest BCUT2D eigenvalue weighted by atomic mass is 9.96. The zero-order valence-electron chi connectivity index (χ0n) is 34.4. The number of hydrogen-bond acceptors (Lipinski definition) is 12. The van der Waals surface area contributed by atoms with Gasteiger partial charge in [-0.3, -0.25) is 0 Å². The third-order valence-corrected chi connectivity index (χ3v) is 10.6. The van der Waals surface area contributed by atoms with Crippen LogP contribution in [0.3, 0.4) is 0 Å². The number of aliphatic hydroxyl groups excluding tert-OH is 1. The Labute approximate surface area is 357 Å². The highest BCUT2D eigenvalue weighted by molar-refractivity contribution is 5.75. The van der Waals surface area contributed by atoms with E-state index in [1.165, 1.54) is 7.11 Å². The Morgan fingerprint density at radius 3 is 1.38 bits per heavy atom. The molecule has 0 amide bonds. The Morgan fingerprint density at radius 2 is 0.918 bits per heavy atom. The van der Waals surface area contributed by atoms with Crippen molar-refractivity contribution >= 4 is 5.97 Å². The van der Waals surface area contributed by atoms with Crippen LogP contribution in [0.15, 0.2) is 152 Å². The summed E-state index contributed by atoms with van der Waals surface area (Å²) in [5.41, 5.74) is 4.46. The Kier molecular flexibility index (Phi) is 16.6. The second kappa shape index (κ2) is 22.9. The van der Waals surface area contributed by atoms with Gasteiger partial charge in [-0.05, 0) is 27.8 Å². The molecule has 5 aromatic rings. The molecule has 0 spiro atoms. The summed E-state index contributed by atoms with van der Waals surface area (Å²) < 4.78 is 64.0. The molecule has 2 heterocycles. The Balaban J connectivity index is 1.23. The fourth-order valence-electron chi connectivity index (χ4n) is 7.44. The average molecular weight is 835 g/mol. The number of aliphatic hydroxyl groups is 1. The fourth-order valence-corrected chi connectivity index (χ4v) is 7.44. The van der Waals surface area contributed by atoms with E-state index >= 15 is 0 Å². The number of esters is 1. The number of benzene rings is 5. The molecular weight excluding hydrogens is 781 g/mol. The van der Waals surface area contributed by atoms with Crippen LogP contribution in [-0.4, -0.2) is 93.3 Å². The van der Waals surface area contributed by atoms with E-state index in [9.17, 15) is 9.90 Å². The summed E-state index contributed by atoms with van der Waals surface area (Å²) in [6, 6.07) is 48.1. The van der Waals surface area contributed by atoms with E-state index in [0.29, 0.717) is 6.61 Å². The van der Waals surface area contributed by atoms with E-state index < -0.39 is 67.4 Å². The first kappa shape index (κ1) is 44.2. The summed E-state index contributed by atoms with van der Waals surface area (Å²) in [6.45, 7) is 0.851. The second-order valence-corrected chi connectivity index (χ2v) is 14.9. The molecular formula is C49H54O12. The van der Waals surface area contributed by atoms with Crippen molar-refractivity contribution in [1.82, 2.24) is 0 Å². The number of methoxy groups -OCH3 is 2. The summed E-state index contributed by atoms with van der Waals surface area (Å²) in [7, 11) is 2.99. The molecule has 0 saturated carbocycles. The van der Waals surface area contributed by atoms with Crippen molar-refractivity contribution in [2.45, 2.75) is 94.4 Å². The van der Waals surface area contributed by atoms with Crippen LogP contribution in [0.2, 0.25) is 0 Å². The van der Waals surface area contributed by atoms with Crippen LogP contribution < -0.4 is 0 Å². The number of hydrogen-bond donors (Lipinski definition) is 1. The van der Waals surface area contributed by atoms with Crippen molar-refractivity contribution in [2.24, 2.45) is 0 Å². The van der Waals surface area contributed by atoms with Crippen LogP contribution in [0.5, 0.6) is 0 Å². The minimum atomic E-state index is -1.51. The van der Waals surface area contributed by atoms with Gasteiger partial charge in [0.15, 0.2) is 18.7 Å². The molecule has 2 fully saturated rings. The molecule has 0 aliphatic carbocycles. The molecule has 0 radical (unpaired) electrons. The maximum Gasteiger partial charge on any atom is 0.338 e. The lowest BCUT2D eigenvalue weighted by molar-refractivity contribution is -0.368. The van der Waals surface area contributed by atoms with Gasteiger partial charge in [-0.1, -0.05) is 152 Å². The van der Waals surface area contributed by atoms with Gasteiger partial charge in [0.2, 0.25) is 0 Å². The van der Waals surface area contributed by atoms with E-state index in [-0.39, 0.29) is 33.0 Å². The fraction of sp³-hybridized carbons (Fsp3) is 0.367. The minimum absolute atomic E-state index is 0.0328. The lowest BCUT2D eigenvalue weighted by Crippen LogP contribution is -2.66. The van der Waals surface area contributed by atoms with Crippen molar-refractivity contribution in [1.29, 1.82) is 0 Å². The third-order valence-electron chi connectivity index (χ3n) is 10.6. The standard InChI is InChI=1S/C49H54O12/c1-52-42-40(50)43(47(51)58-32-38-26-16-7-17-27-38)61-49(45(42)56-30-36-22-12-5-13-23-36)60-41-39(33-54-28-34-18-8-3-9-19-34)59-48(53-2)46(57-31-37-24-14-6-15-25-37)44(41)55-29-35-20-10-4-11-21-35/h3-27,39-46,48-50H,28-33H2,1-2H3/t39-,40+,41-,42+,43-,44+,45-,46-,48+,49-/m1/s1. The molecule has 322 valence electrons. The SMILES string of the molecule is CO[C@H]1O[C@H](COCc2ccccc2)[C@@H](O[C@@H]2O[C@@H](C(=O)OCc3ccccc3)[C@@H](O)[C@H](OC)[C@H]2OCc2ccccc2)[C@H](OCc2ccccc2)[C@H]1OCc1ccccc1. The maximum atomic E-state index is 13.8. The molecule has 2 saturated heterocycles. The zero-order chi connectivity index (χ0) is 42.2. The number of carbonyl (C=O) groups is 1. The van der Waals surface area contributed by atoms with E-state index in [1.807, 2.05) is 152 Å². The van der Waals surface area contributed by atoms with Gasteiger partial charge >= 0.3 is 5.97 Å². The molecule has 10 atom stereocenters. The molecule has 61 heavy (non-hydrogen) atoms. The molecule has 5 aromatic carbocycles. The Hall–Kier alpha value is -4.83. The molecule has 7 rings (SSSR count). The molecule has 0 unspecified atom stereocenters. The summed E-state index contributed by atoms with van der Waals surface area (Å²) in [4.78, 5) is 13.8. The van der Waals surface area contributed by atoms with Crippen molar-refractivity contribution in [3.05, 3.63) is 179 Å². The monoisotopic (exact) mass is 834 g/mol. The predicted molar refractivity (Wildman–Crippen MR) is 223 cm³/mol. The highest BCUT2D eigenvalue weighted by atomic mass is 16.8. The van der Waals surface area contributed by atoms with Crippen molar-refractivity contribution in [3.63, 3.8) is 0 Å². The zero-order valence-corrected chi connectivity index (χ0v) is 34.4. The van der Waals surface area contributed by atoms with Crippen LogP contribution >= 0.6 is 0 Å². The van der Waals surface area contributed by atoms with Crippen LogP contribution in [-0.2, 0) is 85.2 Å². The van der Waals surface area contributed by atoms with Gasteiger partial charge in [-0.15, -0.1) is 0 Å². The average Bonchev–Trinajstić information content (AvgIpc) is 3.31. The van der Waals surface area contributed by atoms with Gasteiger partial charge in [-0.25, -0.2) is 4.79 Å². The molecule has 12 heteroatoms. The summed E-state index contributed by atoms with van der Waals surface area (Å²) in [6.07, 6.45) is -10.8.